The number of halogens is 2. The lowest BCUT2D eigenvalue weighted by Crippen LogP contribution is -2.30. The zero-order chi connectivity index (χ0) is 19.4. The molecular formula is C20H17ClFNO3S. The highest BCUT2D eigenvalue weighted by molar-refractivity contribution is 7.92. The van der Waals surface area contributed by atoms with Crippen molar-refractivity contribution in [2.24, 2.45) is 0 Å². The molecule has 0 bridgehead atoms. The number of nitrogens with zero attached hydrogens (tertiary/aromatic N) is 1. The normalized spacial score (nSPS) is 11.2. The second-order valence-electron chi connectivity index (χ2n) is 5.80. The van der Waals surface area contributed by atoms with E-state index >= 15 is 0 Å². The Balaban J connectivity index is 2.08. The Morgan fingerprint density at radius 3 is 2.37 bits per heavy atom. The summed E-state index contributed by atoms with van der Waals surface area (Å²) in [5, 5.41) is 0.414. The smallest absolute Gasteiger partial charge is 0.264 e. The van der Waals surface area contributed by atoms with Gasteiger partial charge in [0.2, 0.25) is 0 Å². The molecule has 0 aromatic heterocycles. The molecule has 0 atom stereocenters. The van der Waals surface area contributed by atoms with Gasteiger partial charge in [-0.05, 0) is 60.2 Å². The third-order valence-electron chi connectivity index (χ3n) is 3.96. The van der Waals surface area contributed by atoms with Crippen molar-refractivity contribution in [3.8, 4) is 5.75 Å². The average molecular weight is 406 g/mol. The number of benzene rings is 3. The Bertz CT molecular complexity index is 1040. The first-order valence-electron chi connectivity index (χ1n) is 8.07. The molecule has 3 rings (SSSR count). The highest BCUT2D eigenvalue weighted by Crippen LogP contribution is 2.29. The van der Waals surface area contributed by atoms with Gasteiger partial charge in [-0.1, -0.05) is 29.8 Å². The monoisotopic (exact) mass is 405 g/mol. The van der Waals surface area contributed by atoms with E-state index in [-0.39, 0.29) is 11.4 Å². The molecule has 0 N–H and O–H groups in total. The Hall–Kier alpha value is -2.57. The number of ether oxygens (including phenoxy) is 1. The molecule has 0 fully saturated rings. The maximum absolute atomic E-state index is 13.2. The van der Waals surface area contributed by atoms with Gasteiger partial charge in [-0.25, -0.2) is 12.8 Å². The van der Waals surface area contributed by atoms with Crippen LogP contribution in [0.3, 0.4) is 0 Å². The number of hydrogen-bond donors (Lipinski definition) is 0. The predicted molar refractivity (Wildman–Crippen MR) is 104 cm³/mol. The van der Waals surface area contributed by atoms with Crippen LogP contribution in [-0.4, -0.2) is 15.5 Å². The molecule has 140 valence electrons. The molecule has 0 saturated heterocycles. The van der Waals surface area contributed by atoms with Crippen molar-refractivity contribution in [1.29, 1.82) is 0 Å². The van der Waals surface area contributed by atoms with Gasteiger partial charge in [-0.3, -0.25) is 4.31 Å². The molecule has 0 amide bonds. The Kier molecular flexibility index (Phi) is 5.68. The zero-order valence-corrected chi connectivity index (χ0v) is 16.0. The summed E-state index contributed by atoms with van der Waals surface area (Å²) in [5.74, 6) is 0.119. The first-order valence-corrected chi connectivity index (χ1v) is 9.89. The molecule has 27 heavy (non-hydrogen) atoms. The van der Waals surface area contributed by atoms with E-state index in [4.69, 9.17) is 16.3 Å². The fourth-order valence-electron chi connectivity index (χ4n) is 2.62. The third-order valence-corrected chi connectivity index (χ3v) is 5.98. The predicted octanol–water partition coefficient (Wildman–Crippen LogP) is 4.88. The minimum atomic E-state index is -3.94. The number of rotatable bonds is 6. The molecule has 0 aliphatic carbocycles. The lowest BCUT2D eigenvalue weighted by molar-refractivity contribution is 0.414. The van der Waals surface area contributed by atoms with Crippen molar-refractivity contribution < 1.29 is 17.5 Å². The van der Waals surface area contributed by atoms with E-state index in [2.05, 4.69) is 0 Å². The highest BCUT2D eigenvalue weighted by atomic mass is 35.5. The second kappa shape index (κ2) is 7.98. The van der Waals surface area contributed by atoms with Gasteiger partial charge in [-0.2, -0.15) is 0 Å². The lowest BCUT2D eigenvalue weighted by Gasteiger charge is -2.25. The van der Waals surface area contributed by atoms with Crippen LogP contribution in [0.15, 0.2) is 77.7 Å². The van der Waals surface area contributed by atoms with Crippen molar-refractivity contribution in [3.05, 3.63) is 89.2 Å². The fourth-order valence-corrected chi connectivity index (χ4v) is 4.25. The molecule has 0 radical (unpaired) electrons. The van der Waals surface area contributed by atoms with Gasteiger partial charge in [0.05, 0.1) is 24.2 Å². The Morgan fingerprint density at radius 1 is 1.00 bits per heavy atom. The van der Waals surface area contributed by atoms with Crippen LogP contribution in [0.25, 0.3) is 0 Å². The Labute approximate surface area is 162 Å². The van der Waals surface area contributed by atoms with Gasteiger partial charge < -0.3 is 4.74 Å². The minimum absolute atomic E-state index is 0.00762. The molecule has 0 aliphatic rings. The van der Waals surface area contributed by atoms with Gasteiger partial charge in [0.25, 0.3) is 10.0 Å². The molecule has 3 aromatic carbocycles. The summed E-state index contributed by atoms with van der Waals surface area (Å²) in [4.78, 5) is -0.00762. The first-order chi connectivity index (χ1) is 12.9. The minimum Gasteiger partial charge on any atom is -0.497 e. The largest absolute Gasteiger partial charge is 0.497 e. The van der Waals surface area contributed by atoms with E-state index in [1.165, 1.54) is 16.4 Å². The lowest BCUT2D eigenvalue weighted by atomic mass is 10.2. The van der Waals surface area contributed by atoms with Crippen LogP contribution >= 0.6 is 11.6 Å². The molecule has 4 nitrogen and oxygen atoms in total. The van der Waals surface area contributed by atoms with E-state index in [9.17, 15) is 12.8 Å². The maximum atomic E-state index is 13.2. The number of methoxy groups -OCH3 is 1. The van der Waals surface area contributed by atoms with Gasteiger partial charge in [0.1, 0.15) is 11.6 Å². The van der Waals surface area contributed by atoms with E-state index in [1.54, 1.807) is 55.6 Å². The summed E-state index contributed by atoms with van der Waals surface area (Å²) < 4.78 is 46.2. The van der Waals surface area contributed by atoms with Gasteiger partial charge in [0.15, 0.2) is 0 Å². The van der Waals surface area contributed by atoms with E-state index in [0.29, 0.717) is 16.5 Å². The molecule has 0 unspecified atom stereocenters. The zero-order valence-electron chi connectivity index (χ0n) is 14.5. The van der Waals surface area contributed by atoms with Gasteiger partial charge in [0, 0.05) is 5.02 Å². The van der Waals surface area contributed by atoms with Crippen LogP contribution in [0.5, 0.6) is 5.75 Å². The number of anilines is 1. The van der Waals surface area contributed by atoms with Crippen LogP contribution in [0.2, 0.25) is 5.02 Å². The highest BCUT2D eigenvalue weighted by Gasteiger charge is 2.25. The topological polar surface area (TPSA) is 46.6 Å². The van der Waals surface area contributed by atoms with Crippen LogP contribution in [0.1, 0.15) is 5.56 Å². The van der Waals surface area contributed by atoms with Crippen molar-refractivity contribution >= 4 is 27.3 Å². The van der Waals surface area contributed by atoms with Crippen molar-refractivity contribution in [2.75, 3.05) is 11.4 Å². The van der Waals surface area contributed by atoms with E-state index in [0.717, 1.165) is 17.7 Å². The number of hydrogen-bond acceptors (Lipinski definition) is 3. The summed E-state index contributed by atoms with van der Waals surface area (Å²) in [5.41, 5.74) is 1.15. The van der Waals surface area contributed by atoms with Crippen LogP contribution in [0.4, 0.5) is 10.1 Å². The SMILES string of the molecule is COc1cccc(CN(c2cccc(Cl)c2)S(=O)(=O)c2ccc(F)cc2)c1. The summed E-state index contributed by atoms with van der Waals surface area (Å²) >= 11 is 6.07. The van der Waals surface area contributed by atoms with Crippen molar-refractivity contribution in [3.63, 3.8) is 0 Å². The summed E-state index contributed by atoms with van der Waals surface area (Å²) in [6, 6.07) is 18.4. The van der Waals surface area contributed by atoms with Gasteiger partial charge in [-0.15, -0.1) is 0 Å². The van der Waals surface area contributed by atoms with Crippen LogP contribution in [-0.2, 0) is 16.6 Å². The second-order valence-corrected chi connectivity index (χ2v) is 8.10. The molecule has 0 aliphatic heterocycles. The third kappa shape index (κ3) is 4.40. The van der Waals surface area contributed by atoms with Crippen LogP contribution < -0.4 is 9.04 Å². The van der Waals surface area contributed by atoms with Crippen molar-refractivity contribution in [2.45, 2.75) is 11.4 Å². The Morgan fingerprint density at radius 2 is 1.70 bits per heavy atom. The molecule has 0 heterocycles. The molecular weight excluding hydrogens is 389 g/mol. The van der Waals surface area contributed by atoms with Gasteiger partial charge >= 0.3 is 0 Å². The number of sulfonamides is 1. The van der Waals surface area contributed by atoms with E-state index in [1.807, 2.05) is 0 Å². The standard InChI is InChI=1S/C20H17ClFNO3S/c1-26-19-7-2-4-15(12-19)14-23(18-6-3-5-16(21)13-18)27(24,25)20-10-8-17(22)9-11-20/h2-13H,14H2,1H3. The molecule has 0 spiro atoms. The quantitative estimate of drug-likeness (QED) is 0.587. The summed E-state index contributed by atoms with van der Waals surface area (Å²) in [7, 11) is -2.39. The van der Waals surface area contributed by atoms with Crippen LogP contribution in [0, 0.1) is 5.82 Å². The molecule has 7 heteroatoms. The molecule has 0 saturated carbocycles. The summed E-state index contributed by atoms with van der Waals surface area (Å²) in [6.45, 7) is 0.0667. The summed E-state index contributed by atoms with van der Waals surface area (Å²) in [6.07, 6.45) is 0. The molecule has 3 aromatic rings. The first kappa shape index (κ1) is 19.2. The van der Waals surface area contributed by atoms with E-state index < -0.39 is 15.8 Å². The maximum Gasteiger partial charge on any atom is 0.264 e. The van der Waals surface area contributed by atoms with Crippen molar-refractivity contribution in [1.82, 2.24) is 0 Å². The average Bonchev–Trinajstić information content (AvgIpc) is 2.66. The fraction of sp³-hybridized carbons (Fsp3) is 0.100.